The molecule has 3 atom stereocenters. The summed E-state index contributed by atoms with van der Waals surface area (Å²) in [7, 11) is 0. The van der Waals surface area contributed by atoms with E-state index in [9.17, 15) is 0 Å². The molecule has 2 aliphatic rings. The molecule has 0 aromatic heterocycles. The number of hydrogen-bond donors (Lipinski definition) is 2. The van der Waals surface area contributed by atoms with E-state index in [4.69, 9.17) is 17.4 Å². The van der Waals surface area contributed by atoms with E-state index in [1.54, 1.807) is 0 Å². The van der Waals surface area contributed by atoms with E-state index in [0.717, 1.165) is 22.8 Å². The van der Waals surface area contributed by atoms with Gasteiger partial charge >= 0.3 is 0 Å². The lowest BCUT2D eigenvalue weighted by Gasteiger charge is -2.18. The van der Waals surface area contributed by atoms with Gasteiger partial charge in [0.25, 0.3) is 0 Å². The highest BCUT2D eigenvalue weighted by molar-refractivity contribution is 6.30. The van der Waals surface area contributed by atoms with Crippen LogP contribution in [-0.2, 0) is 0 Å². The minimum Gasteiger partial charge on any atom is -0.271 e. The zero-order valence-electron chi connectivity index (χ0n) is 9.20. The van der Waals surface area contributed by atoms with Gasteiger partial charge in [0.1, 0.15) is 0 Å². The second-order valence-electron chi connectivity index (χ2n) is 5.04. The van der Waals surface area contributed by atoms with Gasteiger partial charge in [0.05, 0.1) is 0 Å². The molecule has 2 saturated carbocycles. The molecule has 0 spiro atoms. The van der Waals surface area contributed by atoms with Gasteiger partial charge < -0.3 is 0 Å². The van der Waals surface area contributed by atoms with E-state index < -0.39 is 0 Å². The molecule has 1 aromatic carbocycles. The van der Waals surface area contributed by atoms with Gasteiger partial charge in [-0.2, -0.15) is 0 Å². The highest BCUT2D eigenvalue weighted by Gasteiger charge is 2.55. The molecule has 3 heteroatoms. The van der Waals surface area contributed by atoms with Crippen LogP contribution in [0, 0.1) is 17.8 Å². The summed E-state index contributed by atoms with van der Waals surface area (Å²) >= 11 is 6.02. The van der Waals surface area contributed by atoms with Gasteiger partial charge in [-0.05, 0) is 48.3 Å². The molecule has 0 amide bonds. The molecule has 0 heterocycles. The molecule has 0 bridgehead atoms. The van der Waals surface area contributed by atoms with Crippen molar-refractivity contribution in [3.05, 3.63) is 34.9 Å². The fourth-order valence-electron chi connectivity index (χ4n) is 3.50. The van der Waals surface area contributed by atoms with Crippen LogP contribution in [0.1, 0.15) is 30.9 Å². The van der Waals surface area contributed by atoms with Crippen molar-refractivity contribution < 1.29 is 0 Å². The minimum absolute atomic E-state index is 0.286. The molecule has 2 fully saturated rings. The molecule has 3 unspecified atom stereocenters. The molecular weight excluding hydrogens is 220 g/mol. The van der Waals surface area contributed by atoms with Crippen molar-refractivity contribution >= 4 is 11.6 Å². The number of hydrogen-bond acceptors (Lipinski definition) is 2. The molecule has 1 aromatic rings. The van der Waals surface area contributed by atoms with Crippen LogP contribution in [0.25, 0.3) is 0 Å². The molecule has 2 aliphatic carbocycles. The quantitative estimate of drug-likeness (QED) is 0.626. The first-order chi connectivity index (χ1) is 7.81. The monoisotopic (exact) mass is 236 g/mol. The molecule has 3 rings (SSSR count). The van der Waals surface area contributed by atoms with E-state index in [1.165, 1.54) is 24.8 Å². The van der Waals surface area contributed by atoms with Crippen LogP contribution in [-0.4, -0.2) is 0 Å². The smallest absolute Gasteiger partial charge is 0.0494 e. The first kappa shape index (κ1) is 10.6. The predicted octanol–water partition coefficient (Wildman–Crippen LogP) is 2.89. The summed E-state index contributed by atoms with van der Waals surface area (Å²) in [5.41, 5.74) is 4.21. The molecule has 16 heavy (non-hydrogen) atoms. The molecule has 0 aliphatic heterocycles. The van der Waals surface area contributed by atoms with Gasteiger partial charge in [-0.15, -0.1) is 0 Å². The average Bonchev–Trinajstić information content (AvgIpc) is 2.74. The Bertz CT molecular complexity index is 383. The average molecular weight is 237 g/mol. The zero-order valence-corrected chi connectivity index (χ0v) is 9.95. The summed E-state index contributed by atoms with van der Waals surface area (Å²) < 4.78 is 0. The Morgan fingerprint density at radius 3 is 2.69 bits per heavy atom. The van der Waals surface area contributed by atoms with E-state index >= 15 is 0 Å². The molecule has 3 N–H and O–H groups in total. The normalized spacial score (nSPS) is 33.5. The number of nitrogens with one attached hydrogen (secondary N) is 1. The third-order valence-electron chi connectivity index (χ3n) is 4.24. The van der Waals surface area contributed by atoms with Crippen molar-refractivity contribution in [2.45, 2.75) is 25.3 Å². The van der Waals surface area contributed by atoms with Crippen molar-refractivity contribution in [1.29, 1.82) is 0 Å². The Hall–Kier alpha value is -0.570. The highest BCUT2D eigenvalue weighted by Crippen LogP contribution is 2.62. The third-order valence-corrected chi connectivity index (χ3v) is 4.48. The van der Waals surface area contributed by atoms with Crippen molar-refractivity contribution in [2.24, 2.45) is 23.6 Å². The summed E-state index contributed by atoms with van der Waals surface area (Å²) in [5.74, 6) is 8.25. The van der Waals surface area contributed by atoms with Crippen LogP contribution in [0.3, 0.4) is 0 Å². The van der Waals surface area contributed by atoms with E-state index in [0.29, 0.717) is 0 Å². The number of benzene rings is 1. The number of rotatable bonds is 3. The van der Waals surface area contributed by atoms with Crippen LogP contribution in [0.4, 0.5) is 0 Å². The van der Waals surface area contributed by atoms with Crippen LogP contribution < -0.4 is 11.3 Å². The summed E-state index contributed by atoms with van der Waals surface area (Å²) in [6, 6.07) is 8.34. The molecule has 2 nitrogen and oxygen atoms in total. The lowest BCUT2D eigenvalue weighted by molar-refractivity contribution is 0.425. The van der Waals surface area contributed by atoms with Gasteiger partial charge in [-0.25, -0.2) is 0 Å². The number of hydrazine groups is 1. The van der Waals surface area contributed by atoms with Crippen molar-refractivity contribution in [3.8, 4) is 0 Å². The lowest BCUT2D eigenvalue weighted by atomic mass is 9.97. The fraction of sp³-hybridized carbons (Fsp3) is 0.538. The van der Waals surface area contributed by atoms with E-state index in [2.05, 4.69) is 11.5 Å². The van der Waals surface area contributed by atoms with E-state index in [-0.39, 0.29) is 6.04 Å². The maximum Gasteiger partial charge on any atom is 0.0494 e. The Morgan fingerprint density at radius 1 is 1.31 bits per heavy atom. The highest BCUT2D eigenvalue weighted by atomic mass is 35.5. The van der Waals surface area contributed by atoms with Crippen LogP contribution in [0.5, 0.6) is 0 Å². The molecular formula is C13H17ClN2. The van der Waals surface area contributed by atoms with Gasteiger partial charge in [0.15, 0.2) is 0 Å². The number of nitrogens with two attached hydrogens (primary N) is 1. The van der Waals surface area contributed by atoms with Gasteiger partial charge in [-0.1, -0.05) is 30.2 Å². The van der Waals surface area contributed by atoms with Crippen LogP contribution >= 0.6 is 11.6 Å². The van der Waals surface area contributed by atoms with Crippen LogP contribution in [0.15, 0.2) is 24.3 Å². The summed E-state index contributed by atoms with van der Waals surface area (Å²) in [6.07, 6.45) is 4.17. The minimum atomic E-state index is 0.286. The lowest BCUT2D eigenvalue weighted by Crippen LogP contribution is -2.30. The first-order valence-electron chi connectivity index (χ1n) is 6.03. The summed E-state index contributed by atoms with van der Waals surface area (Å²) in [6.45, 7) is 0. The Kier molecular flexibility index (Phi) is 2.66. The Balaban J connectivity index is 1.81. The van der Waals surface area contributed by atoms with Crippen LogP contribution in [0.2, 0.25) is 5.02 Å². The molecule has 0 saturated heterocycles. The first-order valence-corrected chi connectivity index (χ1v) is 6.40. The van der Waals surface area contributed by atoms with Gasteiger partial charge in [0, 0.05) is 11.1 Å². The third kappa shape index (κ3) is 1.65. The topological polar surface area (TPSA) is 38.0 Å². The molecule has 86 valence electrons. The van der Waals surface area contributed by atoms with Gasteiger partial charge in [0.2, 0.25) is 0 Å². The maximum atomic E-state index is 6.02. The van der Waals surface area contributed by atoms with Crippen molar-refractivity contribution in [1.82, 2.24) is 5.43 Å². The summed E-state index contributed by atoms with van der Waals surface area (Å²) in [4.78, 5) is 0. The predicted molar refractivity (Wildman–Crippen MR) is 65.8 cm³/mol. The Labute approximate surface area is 101 Å². The summed E-state index contributed by atoms with van der Waals surface area (Å²) in [5, 5.41) is 0.795. The van der Waals surface area contributed by atoms with Gasteiger partial charge in [-0.3, -0.25) is 11.3 Å². The standard InChI is InChI=1S/C13H17ClN2/c14-9-4-1-3-8(7-9)13(16-15)12-10-5-2-6-11(10)12/h1,3-4,7,10-13,16H,2,5-6,15H2. The number of fused-ring (bicyclic) bond motifs is 1. The van der Waals surface area contributed by atoms with E-state index in [1.807, 2.05) is 18.2 Å². The Morgan fingerprint density at radius 2 is 2.06 bits per heavy atom. The maximum absolute atomic E-state index is 6.02. The second-order valence-corrected chi connectivity index (χ2v) is 5.47. The van der Waals surface area contributed by atoms with Crippen molar-refractivity contribution in [2.75, 3.05) is 0 Å². The SMILES string of the molecule is NNC(c1cccc(Cl)c1)C1C2CCCC21. The fourth-order valence-corrected chi connectivity index (χ4v) is 3.70. The second kappa shape index (κ2) is 4.02. The molecule has 0 radical (unpaired) electrons. The zero-order chi connectivity index (χ0) is 11.1. The number of halogens is 1. The largest absolute Gasteiger partial charge is 0.271 e. The van der Waals surface area contributed by atoms with Crippen molar-refractivity contribution in [3.63, 3.8) is 0 Å².